The Morgan fingerprint density at radius 2 is 2.03 bits per heavy atom. The van der Waals surface area contributed by atoms with E-state index in [1.807, 2.05) is 25.1 Å². The third-order valence-corrected chi connectivity index (χ3v) is 5.64. The molecule has 0 radical (unpaired) electrons. The number of rotatable bonds is 4. The van der Waals surface area contributed by atoms with Crippen LogP contribution >= 0.6 is 0 Å². The highest BCUT2D eigenvalue weighted by Gasteiger charge is 2.32. The summed E-state index contributed by atoms with van der Waals surface area (Å²) >= 11 is 0. The number of ether oxygens (including phenoxy) is 1. The highest BCUT2D eigenvalue weighted by molar-refractivity contribution is 5.92. The quantitative estimate of drug-likeness (QED) is 0.557. The molecule has 4 rings (SSSR count). The van der Waals surface area contributed by atoms with Crippen molar-refractivity contribution in [2.24, 2.45) is 0 Å². The van der Waals surface area contributed by atoms with E-state index in [1.54, 1.807) is 18.1 Å². The summed E-state index contributed by atoms with van der Waals surface area (Å²) < 4.78 is 46.2. The van der Waals surface area contributed by atoms with Gasteiger partial charge in [-0.25, -0.2) is 0 Å². The van der Waals surface area contributed by atoms with Gasteiger partial charge in [0.25, 0.3) is 0 Å². The Bertz CT molecular complexity index is 1170. The first-order chi connectivity index (χ1) is 15.3. The van der Waals surface area contributed by atoms with E-state index in [9.17, 15) is 18.0 Å². The number of halogens is 3. The maximum Gasteiger partial charge on any atom is 0.417 e. The van der Waals surface area contributed by atoms with Crippen LogP contribution in [0.25, 0.3) is 11.7 Å². The van der Waals surface area contributed by atoms with E-state index in [-0.39, 0.29) is 11.8 Å². The Kier molecular flexibility index (Phi) is 5.90. The first kappa shape index (κ1) is 21.9. The van der Waals surface area contributed by atoms with E-state index in [0.29, 0.717) is 30.3 Å². The molecule has 3 aromatic rings. The lowest BCUT2D eigenvalue weighted by atomic mass is 9.97. The van der Waals surface area contributed by atoms with E-state index in [1.165, 1.54) is 16.5 Å². The van der Waals surface area contributed by atoms with Gasteiger partial charge in [-0.15, -0.1) is 10.2 Å². The number of fused-ring (bicyclic) bond motifs is 1. The SMILES string of the molecule is COc1ccc(C)cc1C=CC(=O)N1CCCC(c2nnc3ccc(C(F)(F)F)cn23)C1. The third-order valence-electron chi connectivity index (χ3n) is 5.64. The Balaban J connectivity index is 1.54. The van der Waals surface area contributed by atoms with E-state index < -0.39 is 11.7 Å². The van der Waals surface area contributed by atoms with Gasteiger partial charge in [0, 0.05) is 36.8 Å². The third kappa shape index (κ3) is 4.46. The predicted octanol–water partition coefficient (Wildman–Crippen LogP) is 4.48. The fraction of sp³-hybridized carbons (Fsp3) is 0.348. The van der Waals surface area contributed by atoms with E-state index in [2.05, 4.69) is 10.2 Å². The van der Waals surface area contributed by atoms with Crippen molar-refractivity contribution >= 4 is 17.6 Å². The van der Waals surface area contributed by atoms with Gasteiger partial charge in [0.05, 0.1) is 12.7 Å². The number of piperidine rings is 1. The summed E-state index contributed by atoms with van der Waals surface area (Å²) in [7, 11) is 1.58. The average Bonchev–Trinajstić information content (AvgIpc) is 3.20. The monoisotopic (exact) mass is 444 g/mol. The summed E-state index contributed by atoms with van der Waals surface area (Å²) in [5, 5.41) is 8.14. The van der Waals surface area contributed by atoms with Crippen molar-refractivity contribution in [3.8, 4) is 5.75 Å². The minimum absolute atomic E-state index is 0.164. The maximum absolute atomic E-state index is 13.1. The minimum atomic E-state index is -4.45. The predicted molar refractivity (Wildman–Crippen MR) is 113 cm³/mol. The van der Waals surface area contributed by atoms with E-state index in [0.717, 1.165) is 36.2 Å². The Morgan fingerprint density at radius 1 is 1.22 bits per heavy atom. The van der Waals surface area contributed by atoms with Crippen LogP contribution in [-0.4, -0.2) is 45.6 Å². The molecule has 1 aliphatic heterocycles. The Morgan fingerprint density at radius 3 is 2.78 bits per heavy atom. The molecule has 9 heteroatoms. The van der Waals surface area contributed by atoms with Crippen LogP contribution in [0.3, 0.4) is 0 Å². The molecule has 0 N–H and O–H groups in total. The molecule has 2 aromatic heterocycles. The number of hydrogen-bond acceptors (Lipinski definition) is 4. The lowest BCUT2D eigenvalue weighted by Crippen LogP contribution is -2.38. The number of nitrogens with zero attached hydrogens (tertiary/aromatic N) is 4. The van der Waals surface area contributed by atoms with Crippen molar-refractivity contribution in [2.45, 2.75) is 31.9 Å². The number of methoxy groups -OCH3 is 1. The van der Waals surface area contributed by atoms with Crippen LogP contribution in [0.5, 0.6) is 5.75 Å². The number of benzene rings is 1. The number of carbonyl (C=O) groups excluding carboxylic acids is 1. The van der Waals surface area contributed by atoms with Gasteiger partial charge in [-0.3, -0.25) is 9.20 Å². The van der Waals surface area contributed by atoms with Crippen LogP contribution < -0.4 is 4.74 Å². The molecule has 1 unspecified atom stereocenters. The fourth-order valence-electron chi connectivity index (χ4n) is 3.99. The highest BCUT2D eigenvalue weighted by atomic mass is 19.4. The second-order valence-electron chi connectivity index (χ2n) is 7.90. The van der Waals surface area contributed by atoms with Crippen molar-refractivity contribution < 1.29 is 22.7 Å². The van der Waals surface area contributed by atoms with Crippen LogP contribution in [0.2, 0.25) is 0 Å². The van der Waals surface area contributed by atoms with Crippen LogP contribution in [-0.2, 0) is 11.0 Å². The van der Waals surface area contributed by atoms with Crippen LogP contribution in [0.1, 0.15) is 41.3 Å². The van der Waals surface area contributed by atoms with Gasteiger partial charge < -0.3 is 9.64 Å². The van der Waals surface area contributed by atoms with Crippen LogP contribution in [0.15, 0.2) is 42.6 Å². The zero-order valence-corrected chi connectivity index (χ0v) is 17.8. The number of amides is 1. The largest absolute Gasteiger partial charge is 0.496 e. The molecule has 1 aliphatic rings. The molecule has 168 valence electrons. The van der Waals surface area contributed by atoms with Gasteiger partial charge in [-0.1, -0.05) is 11.6 Å². The molecule has 1 aromatic carbocycles. The lowest BCUT2D eigenvalue weighted by Gasteiger charge is -2.31. The zero-order chi connectivity index (χ0) is 22.9. The van der Waals surface area contributed by atoms with Crippen LogP contribution in [0.4, 0.5) is 13.2 Å². The number of aromatic nitrogens is 3. The Labute approximate surface area is 183 Å². The van der Waals surface area contributed by atoms with Crippen molar-refractivity contribution in [2.75, 3.05) is 20.2 Å². The molecular weight excluding hydrogens is 421 g/mol. The topological polar surface area (TPSA) is 59.7 Å². The standard InChI is InChI=1S/C23H23F3N4O2/c1-15-5-8-19(32-2)16(12-15)6-10-21(31)29-11-3-4-17(13-29)22-28-27-20-9-7-18(14-30(20)22)23(24,25)26/h5-10,12,14,17H,3-4,11,13H2,1-2H3. The van der Waals surface area contributed by atoms with Crippen molar-refractivity contribution in [1.29, 1.82) is 0 Å². The highest BCUT2D eigenvalue weighted by Crippen LogP contribution is 2.31. The molecule has 6 nitrogen and oxygen atoms in total. The normalized spacial score (nSPS) is 17.3. The van der Waals surface area contributed by atoms with Gasteiger partial charge in [0.2, 0.25) is 5.91 Å². The van der Waals surface area contributed by atoms with Crippen LogP contribution in [0, 0.1) is 6.92 Å². The average molecular weight is 444 g/mol. The number of likely N-dealkylation sites (tertiary alicyclic amines) is 1. The summed E-state index contributed by atoms with van der Waals surface area (Å²) in [6.45, 7) is 2.90. The van der Waals surface area contributed by atoms with Crippen molar-refractivity contribution in [1.82, 2.24) is 19.5 Å². The molecular formula is C23H23F3N4O2. The summed E-state index contributed by atoms with van der Waals surface area (Å²) in [5.74, 6) is 0.746. The van der Waals surface area contributed by atoms with Crippen molar-refractivity contribution in [3.05, 3.63) is 65.1 Å². The summed E-state index contributed by atoms with van der Waals surface area (Å²) in [4.78, 5) is 14.5. The molecule has 0 spiro atoms. The fourth-order valence-corrected chi connectivity index (χ4v) is 3.99. The minimum Gasteiger partial charge on any atom is -0.496 e. The molecule has 0 saturated carbocycles. The summed E-state index contributed by atoms with van der Waals surface area (Å²) in [6.07, 6.45) is 1.24. The molecule has 0 bridgehead atoms. The van der Waals surface area contributed by atoms with Crippen molar-refractivity contribution in [3.63, 3.8) is 0 Å². The zero-order valence-electron chi connectivity index (χ0n) is 17.8. The number of hydrogen-bond donors (Lipinski definition) is 0. The number of aryl methyl sites for hydroxylation is 1. The molecule has 1 amide bonds. The second kappa shape index (κ2) is 8.64. The van der Waals surface area contributed by atoms with E-state index >= 15 is 0 Å². The summed E-state index contributed by atoms with van der Waals surface area (Å²) in [6, 6.07) is 8.02. The van der Waals surface area contributed by atoms with Gasteiger partial charge in [0.15, 0.2) is 5.65 Å². The molecule has 1 saturated heterocycles. The molecule has 3 heterocycles. The smallest absolute Gasteiger partial charge is 0.417 e. The maximum atomic E-state index is 13.1. The van der Waals surface area contributed by atoms with Gasteiger partial charge >= 0.3 is 6.18 Å². The van der Waals surface area contributed by atoms with Gasteiger partial charge in [-0.05, 0) is 50.1 Å². The Hall–Kier alpha value is -3.36. The molecule has 0 aliphatic carbocycles. The first-order valence-corrected chi connectivity index (χ1v) is 10.3. The molecule has 1 atom stereocenters. The van der Waals surface area contributed by atoms with Gasteiger partial charge in [-0.2, -0.15) is 13.2 Å². The van der Waals surface area contributed by atoms with E-state index in [4.69, 9.17) is 4.74 Å². The molecule has 1 fully saturated rings. The molecule has 32 heavy (non-hydrogen) atoms. The lowest BCUT2D eigenvalue weighted by molar-refractivity contribution is -0.137. The second-order valence-corrected chi connectivity index (χ2v) is 7.90. The summed E-state index contributed by atoms with van der Waals surface area (Å²) in [5.41, 5.74) is 1.44. The number of pyridine rings is 1. The number of alkyl halides is 3. The van der Waals surface area contributed by atoms with Gasteiger partial charge in [0.1, 0.15) is 11.6 Å². The number of carbonyl (C=O) groups is 1. The first-order valence-electron chi connectivity index (χ1n) is 10.3.